The second-order valence-electron chi connectivity index (χ2n) is 3.85. The molecule has 0 aliphatic heterocycles. The second-order valence-corrected chi connectivity index (χ2v) is 3.85. The number of amides is 1. The molecule has 1 amide bonds. The van der Waals surface area contributed by atoms with Crippen LogP contribution in [0.5, 0.6) is 0 Å². The highest BCUT2D eigenvalue weighted by molar-refractivity contribution is 5.68. The van der Waals surface area contributed by atoms with Crippen molar-refractivity contribution in [2.45, 2.75) is 33.8 Å². The van der Waals surface area contributed by atoms with E-state index in [4.69, 9.17) is 0 Å². The predicted octanol–water partition coefficient (Wildman–Crippen LogP) is 2.59. The highest BCUT2D eigenvalue weighted by Gasteiger charge is 2.26. The van der Waals surface area contributed by atoms with Gasteiger partial charge in [0.1, 0.15) is 6.10 Å². The minimum Gasteiger partial charge on any atom is -0.406 e. The normalized spacial score (nSPS) is 12.2. The first kappa shape index (κ1) is 15.8. The molecule has 1 N–H and O–H groups in total. The van der Waals surface area contributed by atoms with Crippen LogP contribution in [0.4, 0.5) is 13.6 Å². The molecule has 0 rings (SSSR count). The average molecular weight is 251 g/mol. The molecule has 0 saturated heterocycles. The van der Waals surface area contributed by atoms with E-state index in [1.165, 1.54) is 4.90 Å². The van der Waals surface area contributed by atoms with Gasteiger partial charge >= 0.3 is 12.2 Å². The Balaban J connectivity index is 4.81. The minimum atomic E-state index is -2.17. The lowest BCUT2D eigenvalue weighted by molar-refractivity contribution is 0.0643. The first-order valence-corrected chi connectivity index (χ1v) is 5.55. The Morgan fingerprint density at radius 2 is 1.76 bits per heavy atom. The highest BCUT2D eigenvalue weighted by Crippen LogP contribution is 2.20. The lowest BCUT2D eigenvalue weighted by Gasteiger charge is -2.22. The van der Waals surface area contributed by atoms with E-state index in [1.807, 2.05) is 0 Å². The molecular weight excluding hydrogens is 232 g/mol. The monoisotopic (exact) mass is 251 g/mol. The van der Waals surface area contributed by atoms with Crippen LogP contribution >= 0.6 is 0 Å². The van der Waals surface area contributed by atoms with Crippen molar-refractivity contribution in [3.63, 3.8) is 0 Å². The molecule has 17 heavy (non-hydrogen) atoms. The molecule has 0 aromatic heterocycles. The van der Waals surface area contributed by atoms with E-state index in [0.29, 0.717) is 13.1 Å². The minimum absolute atomic E-state index is 0.355. The van der Waals surface area contributed by atoms with E-state index in [9.17, 15) is 18.7 Å². The largest absolute Gasteiger partial charge is 0.415 e. The van der Waals surface area contributed by atoms with Crippen molar-refractivity contribution >= 4 is 6.09 Å². The van der Waals surface area contributed by atoms with Gasteiger partial charge in [0.15, 0.2) is 0 Å². The lowest BCUT2D eigenvalue weighted by Crippen LogP contribution is -2.33. The quantitative estimate of drug-likeness (QED) is 0.764. The summed E-state index contributed by atoms with van der Waals surface area (Å²) < 4.78 is 29.7. The third-order valence-electron chi connectivity index (χ3n) is 2.31. The number of rotatable bonds is 5. The summed E-state index contributed by atoms with van der Waals surface area (Å²) in [6, 6.07) is 0. The SMILES string of the molecule is CCN(CC)C(=O)OC(=C(F)F)C(O)C(C)C. The molecule has 0 heterocycles. The van der Waals surface area contributed by atoms with Crippen LogP contribution in [0, 0.1) is 5.92 Å². The molecule has 0 bridgehead atoms. The Morgan fingerprint density at radius 3 is 2.06 bits per heavy atom. The van der Waals surface area contributed by atoms with Crippen molar-refractivity contribution < 1.29 is 23.4 Å². The van der Waals surface area contributed by atoms with Crippen molar-refractivity contribution in [3.05, 3.63) is 11.8 Å². The topological polar surface area (TPSA) is 49.8 Å². The summed E-state index contributed by atoms with van der Waals surface area (Å²) in [5.74, 6) is -1.42. The van der Waals surface area contributed by atoms with Crippen LogP contribution in [0.15, 0.2) is 11.8 Å². The molecular formula is C11H19F2NO3. The Labute approximate surface area is 99.9 Å². The van der Waals surface area contributed by atoms with Gasteiger partial charge in [0.2, 0.25) is 5.76 Å². The first-order chi connectivity index (χ1) is 7.84. The molecule has 0 aromatic rings. The molecule has 0 spiro atoms. The maximum absolute atomic E-state index is 12.6. The number of aliphatic hydroxyl groups is 1. The van der Waals surface area contributed by atoms with Gasteiger partial charge in [0.25, 0.3) is 0 Å². The zero-order chi connectivity index (χ0) is 13.6. The van der Waals surface area contributed by atoms with Gasteiger partial charge in [0.05, 0.1) is 0 Å². The Hall–Kier alpha value is -1.17. The molecule has 0 fully saturated rings. The van der Waals surface area contributed by atoms with Gasteiger partial charge < -0.3 is 14.7 Å². The molecule has 100 valence electrons. The van der Waals surface area contributed by atoms with Crippen molar-refractivity contribution in [2.24, 2.45) is 5.92 Å². The summed E-state index contributed by atoms with van der Waals surface area (Å²) in [4.78, 5) is 12.7. The van der Waals surface area contributed by atoms with Gasteiger partial charge in [-0.15, -0.1) is 0 Å². The molecule has 1 atom stereocenters. The molecule has 0 aliphatic rings. The van der Waals surface area contributed by atoms with Crippen molar-refractivity contribution in [2.75, 3.05) is 13.1 Å². The predicted molar refractivity (Wildman–Crippen MR) is 59.5 cm³/mol. The summed E-state index contributed by atoms with van der Waals surface area (Å²) in [6.45, 7) is 7.23. The fourth-order valence-electron chi connectivity index (χ4n) is 1.15. The van der Waals surface area contributed by atoms with Crippen LogP contribution in [-0.2, 0) is 4.74 Å². The zero-order valence-electron chi connectivity index (χ0n) is 10.5. The van der Waals surface area contributed by atoms with Gasteiger partial charge in [-0.1, -0.05) is 13.8 Å². The zero-order valence-corrected chi connectivity index (χ0v) is 10.5. The van der Waals surface area contributed by atoms with E-state index in [0.717, 1.165) is 0 Å². The van der Waals surface area contributed by atoms with Crippen LogP contribution in [-0.4, -0.2) is 35.3 Å². The van der Waals surface area contributed by atoms with Gasteiger partial charge in [-0.2, -0.15) is 8.78 Å². The molecule has 1 unspecified atom stereocenters. The van der Waals surface area contributed by atoms with E-state index in [2.05, 4.69) is 4.74 Å². The van der Waals surface area contributed by atoms with E-state index in [1.54, 1.807) is 27.7 Å². The van der Waals surface area contributed by atoms with Crippen molar-refractivity contribution in [3.8, 4) is 0 Å². The molecule has 0 saturated carbocycles. The molecule has 0 aromatic carbocycles. The summed E-state index contributed by atoms with van der Waals surface area (Å²) >= 11 is 0. The molecule has 0 aliphatic carbocycles. The van der Waals surface area contributed by atoms with Gasteiger partial charge in [-0.3, -0.25) is 0 Å². The van der Waals surface area contributed by atoms with Gasteiger partial charge in [-0.05, 0) is 19.8 Å². The summed E-state index contributed by atoms with van der Waals surface area (Å²) in [5, 5.41) is 9.50. The first-order valence-electron chi connectivity index (χ1n) is 5.55. The van der Waals surface area contributed by atoms with E-state index < -0.39 is 30.0 Å². The maximum Gasteiger partial charge on any atom is 0.415 e. The fourth-order valence-corrected chi connectivity index (χ4v) is 1.15. The summed E-state index contributed by atoms with van der Waals surface area (Å²) in [5.41, 5.74) is 0. The van der Waals surface area contributed by atoms with Crippen molar-refractivity contribution in [1.82, 2.24) is 4.90 Å². The number of ether oxygens (including phenoxy) is 1. The van der Waals surface area contributed by atoms with Gasteiger partial charge in [0, 0.05) is 13.1 Å². The lowest BCUT2D eigenvalue weighted by atomic mass is 10.1. The summed E-state index contributed by atoms with van der Waals surface area (Å²) in [6.07, 6.45) is -4.54. The summed E-state index contributed by atoms with van der Waals surface area (Å²) in [7, 11) is 0. The third-order valence-corrected chi connectivity index (χ3v) is 2.31. The van der Waals surface area contributed by atoms with Crippen LogP contribution in [0.1, 0.15) is 27.7 Å². The molecule has 0 radical (unpaired) electrons. The van der Waals surface area contributed by atoms with Gasteiger partial charge in [-0.25, -0.2) is 4.79 Å². The number of hydrogen-bond donors (Lipinski definition) is 1. The van der Waals surface area contributed by atoms with Crippen molar-refractivity contribution in [1.29, 1.82) is 0 Å². The smallest absolute Gasteiger partial charge is 0.406 e. The number of carbonyl (C=O) groups excluding carboxylic acids is 1. The maximum atomic E-state index is 12.6. The van der Waals surface area contributed by atoms with Crippen LogP contribution in [0.25, 0.3) is 0 Å². The van der Waals surface area contributed by atoms with E-state index >= 15 is 0 Å². The Morgan fingerprint density at radius 1 is 1.29 bits per heavy atom. The van der Waals surface area contributed by atoms with Crippen LogP contribution in [0.2, 0.25) is 0 Å². The van der Waals surface area contributed by atoms with Crippen LogP contribution in [0.3, 0.4) is 0 Å². The average Bonchev–Trinajstić information content (AvgIpc) is 2.26. The molecule has 4 nitrogen and oxygen atoms in total. The number of nitrogens with zero attached hydrogens (tertiary/aromatic N) is 1. The number of halogens is 2. The van der Waals surface area contributed by atoms with Crippen LogP contribution < -0.4 is 0 Å². The number of hydrogen-bond acceptors (Lipinski definition) is 3. The molecule has 6 heteroatoms. The van der Waals surface area contributed by atoms with E-state index in [-0.39, 0.29) is 0 Å². The Kier molecular flexibility index (Phi) is 6.72. The standard InChI is InChI=1S/C11H19F2NO3/c1-5-14(6-2)11(16)17-9(10(12)13)8(15)7(3)4/h7-8,15H,5-6H2,1-4H3. The second kappa shape index (κ2) is 7.21. The fraction of sp³-hybridized carbons (Fsp3) is 0.727. The highest BCUT2D eigenvalue weighted by atomic mass is 19.3. The Bertz CT molecular complexity index is 284. The third kappa shape index (κ3) is 4.68. The number of aliphatic hydroxyl groups excluding tert-OH is 1. The number of carbonyl (C=O) groups is 1.